The van der Waals surface area contributed by atoms with Gasteiger partial charge >= 0.3 is 6.18 Å². The van der Waals surface area contributed by atoms with Crippen molar-refractivity contribution in [2.75, 3.05) is 6.61 Å². The number of carbonyl (C=O) groups is 1. The van der Waals surface area contributed by atoms with Crippen molar-refractivity contribution in [3.05, 3.63) is 29.8 Å². The van der Waals surface area contributed by atoms with Gasteiger partial charge in [0, 0.05) is 0 Å². The van der Waals surface area contributed by atoms with E-state index in [1.165, 1.54) is 12.1 Å². The standard InChI is InChI=1S/C17H22F3NO3/c1-11(21-15(22)9-16(2,23)13-6-7-13)12-4-3-5-14(8-12)24-10-17(18,19)20/h3-5,8,11,13,23H,6-7,9-10H2,1-2H3,(H,21,22)/t11?,16-/m0/s1. The summed E-state index contributed by atoms with van der Waals surface area (Å²) in [7, 11) is 0. The molecular formula is C17H22F3NO3. The highest BCUT2D eigenvalue weighted by atomic mass is 19.4. The van der Waals surface area contributed by atoms with Crippen molar-refractivity contribution < 1.29 is 27.8 Å². The van der Waals surface area contributed by atoms with E-state index in [1.54, 1.807) is 26.0 Å². The molecule has 1 fully saturated rings. The van der Waals surface area contributed by atoms with E-state index < -0.39 is 24.4 Å². The lowest BCUT2D eigenvalue weighted by molar-refractivity contribution is -0.153. The SMILES string of the molecule is CC(NC(=O)C[C@](C)(O)C1CC1)c1cccc(OCC(F)(F)F)c1. The predicted octanol–water partition coefficient (Wildman–Crippen LogP) is 3.36. The van der Waals surface area contributed by atoms with Gasteiger partial charge in [0.15, 0.2) is 6.61 Å². The van der Waals surface area contributed by atoms with Crippen LogP contribution in [0.2, 0.25) is 0 Å². The summed E-state index contributed by atoms with van der Waals surface area (Å²) in [4.78, 5) is 12.1. The number of hydrogen-bond donors (Lipinski definition) is 2. The van der Waals surface area contributed by atoms with Crippen molar-refractivity contribution in [1.82, 2.24) is 5.32 Å². The molecule has 1 unspecified atom stereocenters. The van der Waals surface area contributed by atoms with Crippen LogP contribution in [0.4, 0.5) is 13.2 Å². The highest BCUT2D eigenvalue weighted by Gasteiger charge is 2.41. The molecular weight excluding hydrogens is 323 g/mol. The summed E-state index contributed by atoms with van der Waals surface area (Å²) in [5.41, 5.74) is -0.379. The molecule has 0 bridgehead atoms. The number of benzene rings is 1. The van der Waals surface area contributed by atoms with E-state index in [0.717, 1.165) is 12.8 Å². The van der Waals surface area contributed by atoms with Crippen LogP contribution in [0.5, 0.6) is 5.75 Å². The first-order valence-corrected chi connectivity index (χ1v) is 7.88. The molecule has 0 saturated heterocycles. The van der Waals surface area contributed by atoms with Crippen molar-refractivity contribution in [2.24, 2.45) is 5.92 Å². The Bertz CT molecular complexity index is 583. The molecule has 4 nitrogen and oxygen atoms in total. The molecule has 2 atom stereocenters. The molecule has 1 aromatic carbocycles. The number of aliphatic hydroxyl groups is 1. The maximum absolute atomic E-state index is 12.2. The van der Waals surface area contributed by atoms with Crippen LogP contribution in [-0.4, -0.2) is 29.4 Å². The monoisotopic (exact) mass is 345 g/mol. The van der Waals surface area contributed by atoms with Gasteiger partial charge in [0.1, 0.15) is 5.75 Å². The largest absolute Gasteiger partial charge is 0.484 e. The highest BCUT2D eigenvalue weighted by molar-refractivity contribution is 5.77. The Hall–Kier alpha value is -1.76. The van der Waals surface area contributed by atoms with Crippen LogP contribution in [0.1, 0.15) is 44.7 Å². The molecule has 0 aliphatic heterocycles. The lowest BCUT2D eigenvalue weighted by Crippen LogP contribution is -2.37. The highest BCUT2D eigenvalue weighted by Crippen LogP contribution is 2.41. The lowest BCUT2D eigenvalue weighted by atomic mass is 9.95. The summed E-state index contributed by atoms with van der Waals surface area (Å²) in [6.45, 7) is 2.02. The number of halogens is 3. The smallest absolute Gasteiger partial charge is 0.422 e. The van der Waals surface area contributed by atoms with Crippen LogP contribution in [0.25, 0.3) is 0 Å². The molecule has 2 rings (SSSR count). The average molecular weight is 345 g/mol. The molecule has 7 heteroatoms. The molecule has 2 N–H and O–H groups in total. The number of hydrogen-bond acceptors (Lipinski definition) is 3. The third-order valence-corrected chi connectivity index (χ3v) is 4.11. The molecule has 24 heavy (non-hydrogen) atoms. The second-order valence-electron chi connectivity index (χ2n) is 6.57. The molecule has 1 aliphatic rings. The number of carbonyl (C=O) groups excluding carboxylic acids is 1. The van der Waals surface area contributed by atoms with Crippen LogP contribution in [-0.2, 0) is 4.79 Å². The van der Waals surface area contributed by atoms with Gasteiger partial charge in [-0.15, -0.1) is 0 Å². The van der Waals surface area contributed by atoms with Crippen LogP contribution in [0.15, 0.2) is 24.3 Å². The quantitative estimate of drug-likeness (QED) is 0.797. The normalized spacial score (nSPS) is 18.6. The first kappa shape index (κ1) is 18.6. The Labute approximate surface area is 139 Å². The Balaban J connectivity index is 1.91. The number of ether oxygens (including phenoxy) is 1. The van der Waals surface area contributed by atoms with E-state index in [0.29, 0.717) is 5.56 Å². The molecule has 1 amide bonds. The molecule has 1 aromatic rings. The zero-order chi connectivity index (χ0) is 18.0. The minimum Gasteiger partial charge on any atom is -0.484 e. The molecule has 0 aromatic heterocycles. The molecule has 0 spiro atoms. The Kier molecular flexibility index (Phi) is 5.42. The number of amides is 1. The molecule has 0 radical (unpaired) electrons. The summed E-state index contributed by atoms with van der Waals surface area (Å²) >= 11 is 0. The topological polar surface area (TPSA) is 58.6 Å². The Morgan fingerprint density at radius 1 is 1.42 bits per heavy atom. The van der Waals surface area contributed by atoms with Crippen LogP contribution in [0.3, 0.4) is 0 Å². The second-order valence-corrected chi connectivity index (χ2v) is 6.57. The third kappa shape index (κ3) is 5.70. The van der Waals surface area contributed by atoms with Crippen molar-refractivity contribution >= 4 is 5.91 Å². The zero-order valence-corrected chi connectivity index (χ0v) is 13.7. The number of nitrogens with one attached hydrogen (secondary N) is 1. The van der Waals surface area contributed by atoms with Crippen LogP contribution >= 0.6 is 0 Å². The lowest BCUT2D eigenvalue weighted by Gasteiger charge is -2.23. The van der Waals surface area contributed by atoms with Crippen LogP contribution < -0.4 is 10.1 Å². The van der Waals surface area contributed by atoms with E-state index in [1.807, 2.05) is 0 Å². The number of alkyl halides is 3. The van der Waals surface area contributed by atoms with Gasteiger partial charge in [-0.2, -0.15) is 13.2 Å². The summed E-state index contributed by atoms with van der Waals surface area (Å²) in [6, 6.07) is 5.77. The Morgan fingerprint density at radius 3 is 2.67 bits per heavy atom. The van der Waals surface area contributed by atoms with Gasteiger partial charge in [-0.25, -0.2) is 0 Å². The fourth-order valence-corrected chi connectivity index (χ4v) is 2.59. The van der Waals surface area contributed by atoms with Crippen molar-refractivity contribution in [1.29, 1.82) is 0 Å². The average Bonchev–Trinajstić information content (AvgIpc) is 3.29. The minimum atomic E-state index is -4.40. The summed E-state index contributed by atoms with van der Waals surface area (Å²) < 4.78 is 41.3. The van der Waals surface area contributed by atoms with Gasteiger partial charge in [-0.05, 0) is 50.3 Å². The van der Waals surface area contributed by atoms with Crippen molar-refractivity contribution in [3.63, 3.8) is 0 Å². The zero-order valence-electron chi connectivity index (χ0n) is 13.7. The van der Waals surface area contributed by atoms with Crippen molar-refractivity contribution in [3.8, 4) is 5.75 Å². The van der Waals surface area contributed by atoms with E-state index in [-0.39, 0.29) is 24.0 Å². The van der Waals surface area contributed by atoms with Gasteiger partial charge in [-0.3, -0.25) is 4.79 Å². The summed E-state index contributed by atoms with van der Waals surface area (Å²) in [6.07, 6.45) is -2.54. The first-order valence-electron chi connectivity index (χ1n) is 7.88. The van der Waals surface area contributed by atoms with E-state index >= 15 is 0 Å². The van der Waals surface area contributed by atoms with E-state index in [9.17, 15) is 23.1 Å². The molecule has 134 valence electrons. The van der Waals surface area contributed by atoms with Crippen LogP contribution in [0, 0.1) is 5.92 Å². The van der Waals surface area contributed by atoms with Gasteiger partial charge in [0.2, 0.25) is 5.91 Å². The van der Waals surface area contributed by atoms with Gasteiger partial charge in [0.05, 0.1) is 18.1 Å². The van der Waals surface area contributed by atoms with Gasteiger partial charge in [0.25, 0.3) is 0 Å². The van der Waals surface area contributed by atoms with Gasteiger partial charge < -0.3 is 15.2 Å². The fraction of sp³-hybridized carbons (Fsp3) is 0.588. The molecule has 1 aliphatic carbocycles. The van der Waals surface area contributed by atoms with E-state index in [4.69, 9.17) is 4.74 Å². The fourth-order valence-electron chi connectivity index (χ4n) is 2.59. The predicted molar refractivity (Wildman–Crippen MR) is 82.5 cm³/mol. The summed E-state index contributed by atoms with van der Waals surface area (Å²) in [5.74, 6) is -0.0328. The Morgan fingerprint density at radius 2 is 2.08 bits per heavy atom. The van der Waals surface area contributed by atoms with E-state index in [2.05, 4.69) is 5.32 Å². The second kappa shape index (κ2) is 7.01. The molecule has 1 saturated carbocycles. The third-order valence-electron chi connectivity index (χ3n) is 4.11. The number of rotatable bonds is 7. The van der Waals surface area contributed by atoms with Crippen molar-refractivity contribution in [2.45, 2.75) is 50.9 Å². The maximum atomic E-state index is 12.2. The first-order chi connectivity index (χ1) is 11.1. The molecule has 0 heterocycles. The minimum absolute atomic E-state index is 0.00622. The maximum Gasteiger partial charge on any atom is 0.422 e. The van der Waals surface area contributed by atoms with Gasteiger partial charge in [-0.1, -0.05) is 12.1 Å². The summed E-state index contributed by atoms with van der Waals surface area (Å²) in [5, 5.41) is 13.0.